The molecule has 1 atom stereocenters. The van der Waals surface area contributed by atoms with Crippen molar-refractivity contribution < 1.29 is 18.0 Å². The van der Waals surface area contributed by atoms with Crippen molar-refractivity contribution in [3.63, 3.8) is 0 Å². The van der Waals surface area contributed by atoms with Gasteiger partial charge < -0.3 is 10.6 Å². The van der Waals surface area contributed by atoms with E-state index in [1.54, 1.807) is 36.4 Å². The first-order chi connectivity index (χ1) is 17.3. The van der Waals surface area contributed by atoms with E-state index in [0.717, 1.165) is 11.1 Å². The average Bonchev–Trinajstić information content (AvgIpc) is 2.90. The van der Waals surface area contributed by atoms with Gasteiger partial charge in [-0.1, -0.05) is 72.8 Å². The first-order valence-electron chi connectivity index (χ1n) is 12.1. The van der Waals surface area contributed by atoms with E-state index in [-0.39, 0.29) is 29.5 Å². The largest absolute Gasteiger partial charge is 0.345 e. The van der Waals surface area contributed by atoms with E-state index in [2.05, 4.69) is 10.6 Å². The van der Waals surface area contributed by atoms with Gasteiger partial charge in [-0.15, -0.1) is 0 Å². The van der Waals surface area contributed by atoms with Crippen molar-refractivity contribution in [2.45, 2.75) is 31.6 Å². The van der Waals surface area contributed by atoms with Crippen LogP contribution in [0.1, 0.15) is 47.3 Å². The molecule has 8 heteroatoms. The van der Waals surface area contributed by atoms with Crippen molar-refractivity contribution >= 4 is 27.5 Å². The van der Waals surface area contributed by atoms with Gasteiger partial charge in [-0.05, 0) is 43.0 Å². The molecule has 36 heavy (non-hydrogen) atoms. The van der Waals surface area contributed by atoms with E-state index in [0.29, 0.717) is 37.2 Å². The number of anilines is 1. The molecule has 3 aromatic carbocycles. The Morgan fingerprint density at radius 2 is 1.47 bits per heavy atom. The van der Waals surface area contributed by atoms with E-state index in [4.69, 9.17) is 0 Å². The van der Waals surface area contributed by atoms with E-state index in [1.165, 1.54) is 4.31 Å². The number of piperidine rings is 1. The molecule has 0 bridgehead atoms. The van der Waals surface area contributed by atoms with Crippen molar-refractivity contribution in [2.75, 3.05) is 18.4 Å². The van der Waals surface area contributed by atoms with Crippen LogP contribution >= 0.6 is 0 Å². The molecule has 188 valence electrons. The zero-order chi connectivity index (χ0) is 25.5. The van der Waals surface area contributed by atoms with Crippen molar-refractivity contribution in [3.05, 3.63) is 102 Å². The van der Waals surface area contributed by atoms with Crippen LogP contribution in [0, 0.1) is 5.92 Å². The van der Waals surface area contributed by atoms with Crippen LogP contribution in [0.25, 0.3) is 0 Å². The van der Waals surface area contributed by atoms with Gasteiger partial charge in [0.05, 0.1) is 23.0 Å². The number of nitrogens with one attached hydrogen (secondary N) is 2. The minimum Gasteiger partial charge on any atom is -0.345 e. The molecule has 0 unspecified atom stereocenters. The first kappa shape index (κ1) is 25.6. The van der Waals surface area contributed by atoms with Crippen LogP contribution in [-0.2, 0) is 20.6 Å². The van der Waals surface area contributed by atoms with E-state index in [9.17, 15) is 18.0 Å². The predicted octanol–water partition coefficient (Wildman–Crippen LogP) is 4.36. The molecule has 4 rings (SSSR count). The van der Waals surface area contributed by atoms with Gasteiger partial charge in [0.1, 0.15) is 0 Å². The molecule has 2 amide bonds. The van der Waals surface area contributed by atoms with Crippen LogP contribution < -0.4 is 10.6 Å². The normalized spacial score (nSPS) is 15.7. The molecular formula is C28H31N3O4S. The van der Waals surface area contributed by atoms with Gasteiger partial charge in [0.15, 0.2) is 0 Å². The van der Waals surface area contributed by atoms with Crippen LogP contribution in [-0.4, -0.2) is 37.6 Å². The monoisotopic (exact) mass is 505 g/mol. The summed E-state index contributed by atoms with van der Waals surface area (Å²) in [6.07, 6.45) is 0.860. The molecule has 0 aromatic heterocycles. The zero-order valence-corrected chi connectivity index (χ0v) is 21.1. The predicted molar refractivity (Wildman–Crippen MR) is 141 cm³/mol. The highest BCUT2D eigenvalue weighted by atomic mass is 32.2. The van der Waals surface area contributed by atoms with Gasteiger partial charge in [0.25, 0.3) is 5.91 Å². The number of nitrogens with zero attached hydrogens (tertiary/aromatic N) is 1. The maximum absolute atomic E-state index is 13.0. The van der Waals surface area contributed by atoms with Gasteiger partial charge >= 0.3 is 0 Å². The molecule has 1 aliphatic rings. The van der Waals surface area contributed by atoms with E-state index in [1.807, 2.05) is 55.5 Å². The minimum atomic E-state index is -3.45. The molecule has 1 fully saturated rings. The Morgan fingerprint density at radius 3 is 2.14 bits per heavy atom. The maximum Gasteiger partial charge on any atom is 0.253 e. The Bertz CT molecular complexity index is 1290. The number of carbonyl (C=O) groups excluding carboxylic acids is 2. The smallest absolute Gasteiger partial charge is 0.253 e. The molecule has 1 aliphatic heterocycles. The summed E-state index contributed by atoms with van der Waals surface area (Å²) in [7, 11) is -3.45. The molecular weight excluding hydrogens is 474 g/mol. The van der Waals surface area contributed by atoms with Crippen LogP contribution in [0.3, 0.4) is 0 Å². The van der Waals surface area contributed by atoms with Crippen molar-refractivity contribution in [2.24, 2.45) is 5.92 Å². The van der Waals surface area contributed by atoms with Gasteiger partial charge in [-0.2, -0.15) is 0 Å². The molecule has 3 aromatic rings. The van der Waals surface area contributed by atoms with Gasteiger partial charge in [0.2, 0.25) is 15.9 Å². The number of hydrogen-bond donors (Lipinski definition) is 2. The molecule has 1 heterocycles. The highest BCUT2D eigenvalue weighted by molar-refractivity contribution is 7.88. The topological polar surface area (TPSA) is 95.6 Å². The van der Waals surface area contributed by atoms with Crippen molar-refractivity contribution in [1.82, 2.24) is 9.62 Å². The minimum absolute atomic E-state index is 0.0470. The summed E-state index contributed by atoms with van der Waals surface area (Å²) >= 11 is 0. The van der Waals surface area contributed by atoms with Crippen LogP contribution in [0.4, 0.5) is 5.69 Å². The third-order valence-corrected chi connectivity index (χ3v) is 8.34. The summed E-state index contributed by atoms with van der Waals surface area (Å²) in [5.74, 6) is -0.850. The van der Waals surface area contributed by atoms with Gasteiger partial charge in [-0.25, -0.2) is 12.7 Å². The highest BCUT2D eigenvalue weighted by Gasteiger charge is 2.31. The number of para-hydroxylation sites is 1. The second-order valence-electron chi connectivity index (χ2n) is 9.06. The lowest BCUT2D eigenvalue weighted by atomic mass is 9.97. The van der Waals surface area contributed by atoms with Crippen molar-refractivity contribution in [1.29, 1.82) is 0 Å². The first-order valence-corrected chi connectivity index (χ1v) is 13.7. The molecule has 0 radical (unpaired) electrons. The van der Waals surface area contributed by atoms with Gasteiger partial charge in [-0.3, -0.25) is 9.59 Å². The van der Waals surface area contributed by atoms with Crippen LogP contribution in [0.2, 0.25) is 0 Å². The Kier molecular flexibility index (Phi) is 8.18. The molecule has 7 nitrogen and oxygen atoms in total. The number of amides is 2. The fraction of sp³-hybridized carbons (Fsp3) is 0.286. The maximum atomic E-state index is 13.0. The quantitative estimate of drug-likeness (QED) is 0.476. The molecule has 1 saturated heterocycles. The summed E-state index contributed by atoms with van der Waals surface area (Å²) in [5, 5.41) is 5.88. The van der Waals surface area contributed by atoms with Crippen molar-refractivity contribution in [3.8, 4) is 0 Å². The Hall–Kier alpha value is -3.49. The molecule has 2 N–H and O–H groups in total. The molecule has 0 spiro atoms. The number of hydrogen-bond acceptors (Lipinski definition) is 4. The lowest BCUT2D eigenvalue weighted by Crippen LogP contribution is -2.42. The lowest BCUT2D eigenvalue weighted by molar-refractivity contribution is -0.120. The Labute approximate surface area is 212 Å². The third-order valence-electron chi connectivity index (χ3n) is 6.49. The second-order valence-corrected chi connectivity index (χ2v) is 11.0. The molecule has 0 saturated carbocycles. The van der Waals surface area contributed by atoms with E-state index < -0.39 is 10.0 Å². The lowest BCUT2D eigenvalue weighted by Gasteiger charge is -2.30. The fourth-order valence-electron chi connectivity index (χ4n) is 4.40. The van der Waals surface area contributed by atoms with Gasteiger partial charge in [0, 0.05) is 19.0 Å². The molecule has 0 aliphatic carbocycles. The summed E-state index contributed by atoms with van der Waals surface area (Å²) in [6.45, 7) is 2.50. The average molecular weight is 506 g/mol. The zero-order valence-electron chi connectivity index (χ0n) is 20.3. The van der Waals surface area contributed by atoms with Crippen LogP contribution in [0.15, 0.2) is 84.9 Å². The van der Waals surface area contributed by atoms with Crippen LogP contribution in [0.5, 0.6) is 0 Å². The summed E-state index contributed by atoms with van der Waals surface area (Å²) < 4.78 is 27.1. The third kappa shape index (κ3) is 6.38. The summed E-state index contributed by atoms with van der Waals surface area (Å²) in [6, 6.07) is 25.5. The summed E-state index contributed by atoms with van der Waals surface area (Å²) in [4.78, 5) is 26.0. The number of sulfonamides is 1. The summed E-state index contributed by atoms with van der Waals surface area (Å²) in [5.41, 5.74) is 2.56. The second kappa shape index (κ2) is 11.5. The Balaban J connectivity index is 1.35. The van der Waals surface area contributed by atoms with E-state index >= 15 is 0 Å². The Morgan fingerprint density at radius 1 is 0.889 bits per heavy atom. The standard InChI is InChI=1S/C28H31N3O4S/c1-21(23-12-6-3-7-13-23)29-28(33)25-14-8-9-15-26(25)30-27(32)24-16-18-31(19-17-24)36(34,35)20-22-10-4-2-5-11-22/h2-15,21,24H,16-20H2,1H3,(H,29,33)(H,30,32)/t21-/m0/s1. The fourth-order valence-corrected chi connectivity index (χ4v) is 5.96. The number of rotatable bonds is 8. The SMILES string of the molecule is C[C@H](NC(=O)c1ccccc1NC(=O)C1CCN(S(=O)(=O)Cc2ccccc2)CC1)c1ccccc1. The highest BCUT2D eigenvalue weighted by Crippen LogP contribution is 2.24. The number of carbonyl (C=O) groups is 2. The number of benzene rings is 3.